The second kappa shape index (κ2) is 6.37. The van der Waals surface area contributed by atoms with Crippen molar-refractivity contribution in [1.29, 1.82) is 0 Å². The average Bonchev–Trinajstić information content (AvgIpc) is 3.15. The van der Waals surface area contributed by atoms with E-state index in [0.29, 0.717) is 25.1 Å². The van der Waals surface area contributed by atoms with Crippen molar-refractivity contribution >= 4 is 10.0 Å². The number of aromatic nitrogens is 2. The zero-order chi connectivity index (χ0) is 18.5. The molecule has 0 bridgehead atoms. The molecule has 0 radical (unpaired) electrons. The summed E-state index contributed by atoms with van der Waals surface area (Å²) in [5.74, 6) is 0.934. The van der Waals surface area contributed by atoms with Gasteiger partial charge in [0, 0.05) is 25.7 Å². The molecule has 1 aromatic carbocycles. The molecule has 2 N–H and O–H groups in total. The molecule has 7 nitrogen and oxygen atoms in total. The van der Waals surface area contributed by atoms with Gasteiger partial charge in [0.2, 0.25) is 10.0 Å². The number of hydrogen-bond acceptors (Lipinski definition) is 5. The highest BCUT2D eigenvalue weighted by molar-refractivity contribution is 7.89. The molecule has 0 spiro atoms. The Hall–Kier alpha value is -1.90. The van der Waals surface area contributed by atoms with Gasteiger partial charge in [-0.25, -0.2) is 13.1 Å². The quantitative estimate of drug-likeness (QED) is 0.823. The molecular formula is C18H23N3O4S. The number of sulfonamides is 1. The van der Waals surface area contributed by atoms with Gasteiger partial charge in [-0.1, -0.05) is 12.1 Å². The summed E-state index contributed by atoms with van der Waals surface area (Å²) < 4.78 is 35.8. The van der Waals surface area contributed by atoms with Crippen LogP contribution in [0.15, 0.2) is 29.3 Å². The monoisotopic (exact) mass is 377 g/mol. The number of ether oxygens (including phenoxy) is 1. The maximum absolute atomic E-state index is 13.0. The molecule has 1 fully saturated rings. The smallest absolute Gasteiger partial charge is 0.244 e. The Balaban J connectivity index is 1.67. The summed E-state index contributed by atoms with van der Waals surface area (Å²) in [7, 11) is -2.02. The second-order valence-corrected chi connectivity index (χ2v) is 8.88. The molecule has 2 heterocycles. The molecule has 26 heavy (non-hydrogen) atoms. The van der Waals surface area contributed by atoms with Crippen molar-refractivity contribution in [3.8, 4) is 5.75 Å². The van der Waals surface area contributed by atoms with Crippen molar-refractivity contribution in [3.63, 3.8) is 0 Å². The number of hydrogen-bond donors (Lipinski definition) is 2. The second-order valence-electron chi connectivity index (χ2n) is 7.20. The van der Waals surface area contributed by atoms with Gasteiger partial charge in [0.25, 0.3) is 0 Å². The first-order valence-electron chi connectivity index (χ1n) is 8.80. The SMILES string of the molecule is Cc1nn(C)cc1S(=O)(=O)NC(c1ccc2c(c1)CCO2)C1CC(O)C1. The van der Waals surface area contributed by atoms with Gasteiger partial charge >= 0.3 is 0 Å². The zero-order valence-electron chi connectivity index (χ0n) is 14.8. The summed E-state index contributed by atoms with van der Waals surface area (Å²) in [6.07, 6.45) is 3.17. The molecule has 4 rings (SSSR count). The lowest BCUT2D eigenvalue weighted by atomic mass is 9.75. The third-order valence-electron chi connectivity index (χ3n) is 5.23. The fraction of sp³-hybridized carbons (Fsp3) is 0.500. The summed E-state index contributed by atoms with van der Waals surface area (Å²) in [6, 6.07) is 5.46. The van der Waals surface area contributed by atoms with Crippen molar-refractivity contribution in [1.82, 2.24) is 14.5 Å². The third kappa shape index (κ3) is 3.13. The van der Waals surface area contributed by atoms with Gasteiger partial charge < -0.3 is 9.84 Å². The highest BCUT2D eigenvalue weighted by Gasteiger charge is 2.38. The van der Waals surface area contributed by atoms with Crippen LogP contribution in [0.4, 0.5) is 0 Å². The van der Waals surface area contributed by atoms with E-state index in [2.05, 4.69) is 9.82 Å². The molecule has 1 atom stereocenters. The van der Waals surface area contributed by atoms with Crippen LogP contribution in [0.25, 0.3) is 0 Å². The molecule has 0 saturated heterocycles. The van der Waals surface area contributed by atoms with E-state index in [1.807, 2.05) is 18.2 Å². The van der Waals surface area contributed by atoms with Gasteiger partial charge in [-0.3, -0.25) is 4.68 Å². The number of aliphatic hydroxyl groups is 1. The Morgan fingerprint density at radius 3 is 2.81 bits per heavy atom. The molecule has 2 aromatic rings. The molecular weight excluding hydrogens is 354 g/mol. The number of fused-ring (bicyclic) bond motifs is 1. The van der Waals surface area contributed by atoms with Crippen LogP contribution in [0.5, 0.6) is 5.75 Å². The minimum Gasteiger partial charge on any atom is -0.493 e. The predicted molar refractivity (Wildman–Crippen MR) is 95.4 cm³/mol. The standard InChI is InChI=1S/C18H23N3O4S/c1-11-17(10-21(2)19-11)26(23,24)20-18(14-8-15(22)9-14)13-3-4-16-12(7-13)5-6-25-16/h3-4,7,10,14-15,18,20,22H,5-6,8-9H2,1-2H3. The van der Waals surface area contributed by atoms with Crippen molar-refractivity contribution in [2.24, 2.45) is 13.0 Å². The van der Waals surface area contributed by atoms with Gasteiger partial charge in [-0.05, 0) is 42.9 Å². The normalized spacial score (nSPS) is 23.2. The van der Waals surface area contributed by atoms with Crippen LogP contribution in [0.2, 0.25) is 0 Å². The molecule has 140 valence electrons. The number of aryl methyl sites for hydroxylation is 2. The minimum absolute atomic E-state index is 0.0668. The van der Waals surface area contributed by atoms with Crippen LogP contribution in [0, 0.1) is 12.8 Å². The largest absolute Gasteiger partial charge is 0.493 e. The topological polar surface area (TPSA) is 93.5 Å². The maximum atomic E-state index is 13.0. The minimum atomic E-state index is -3.72. The van der Waals surface area contributed by atoms with Gasteiger partial charge in [-0.15, -0.1) is 0 Å². The van der Waals surface area contributed by atoms with Crippen LogP contribution in [0.1, 0.15) is 35.7 Å². The van der Waals surface area contributed by atoms with E-state index >= 15 is 0 Å². The highest BCUT2D eigenvalue weighted by Crippen LogP contribution is 2.40. The molecule has 1 aromatic heterocycles. The van der Waals surface area contributed by atoms with Crippen molar-refractivity contribution in [2.75, 3.05) is 6.61 Å². The van der Waals surface area contributed by atoms with Crippen molar-refractivity contribution in [3.05, 3.63) is 41.2 Å². The van der Waals surface area contributed by atoms with Gasteiger partial charge in [0.1, 0.15) is 10.6 Å². The van der Waals surface area contributed by atoms with E-state index in [1.54, 1.807) is 14.0 Å². The summed E-state index contributed by atoms with van der Waals surface area (Å²) >= 11 is 0. The van der Waals surface area contributed by atoms with E-state index in [0.717, 1.165) is 23.3 Å². The molecule has 1 saturated carbocycles. The van der Waals surface area contributed by atoms with Gasteiger partial charge in [0.15, 0.2) is 0 Å². The third-order valence-corrected chi connectivity index (χ3v) is 6.78. The van der Waals surface area contributed by atoms with Crippen molar-refractivity contribution in [2.45, 2.75) is 43.2 Å². The van der Waals surface area contributed by atoms with Crippen LogP contribution in [-0.4, -0.2) is 36.0 Å². The Morgan fingerprint density at radius 1 is 1.38 bits per heavy atom. The Labute approximate surface area is 153 Å². The van der Waals surface area contributed by atoms with E-state index in [1.165, 1.54) is 10.9 Å². The molecule has 0 amide bonds. The highest BCUT2D eigenvalue weighted by atomic mass is 32.2. The Morgan fingerprint density at radius 2 is 2.15 bits per heavy atom. The lowest BCUT2D eigenvalue weighted by molar-refractivity contribution is 0.0280. The van der Waals surface area contributed by atoms with Crippen LogP contribution in [-0.2, 0) is 23.5 Å². The van der Waals surface area contributed by atoms with Crippen LogP contribution in [0.3, 0.4) is 0 Å². The Kier molecular flexibility index (Phi) is 4.29. The first-order chi connectivity index (χ1) is 12.3. The van der Waals surface area contributed by atoms with E-state index in [9.17, 15) is 13.5 Å². The summed E-state index contributed by atoms with van der Waals surface area (Å²) in [6.45, 7) is 2.34. The molecule has 1 aliphatic carbocycles. The molecule has 1 aliphatic heterocycles. The first kappa shape index (κ1) is 17.5. The number of nitrogens with one attached hydrogen (secondary N) is 1. The fourth-order valence-corrected chi connectivity index (χ4v) is 5.32. The average molecular weight is 377 g/mol. The van der Waals surface area contributed by atoms with E-state index < -0.39 is 10.0 Å². The zero-order valence-corrected chi connectivity index (χ0v) is 15.7. The van der Waals surface area contributed by atoms with Gasteiger partial charge in [-0.2, -0.15) is 5.10 Å². The Bertz CT molecular complexity index is 932. The number of rotatable bonds is 5. The van der Waals surface area contributed by atoms with Crippen LogP contribution >= 0.6 is 0 Å². The molecule has 8 heteroatoms. The van der Waals surface area contributed by atoms with Crippen molar-refractivity contribution < 1.29 is 18.3 Å². The predicted octanol–water partition coefficient (Wildman–Crippen LogP) is 1.45. The fourth-order valence-electron chi connectivity index (χ4n) is 3.81. The number of benzene rings is 1. The summed E-state index contributed by atoms with van der Waals surface area (Å²) in [5.41, 5.74) is 2.48. The summed E-state index contributed by atoms with van der Waals surface area (Å²) in [4.78, 5) is 0.189. The lowest BCUT2D eigenvalue weighted by Gasteiger charge is -2.38. The lowest BCUT2D eigenvalue weighted by Crippen LogP contribution is -2.41. The number of aliphatic hydroxyl groups excluding tert-OH is 1. The van der Waals surface area contributed by atoms with Crippen LogP contribution < -0.4 is 9.46 Å². The maximum Gasteiger partial charge on any atom is 0.244 e. The van der Waals surface area contributed by atoms with Gasteiger partial charge in [0.05, 0.1) is 18.4 Å². The van der Waals surface area contributed by atoms with E-state index in [4.69, 9.17) is 4.74 Å². The number of nitrogens with zero attached hydrogens (tertiary/aromatic N) is 2. The molecule has 1 unspecified atom stereocenters. The summed E-state index contributed by atoms with van der Waals surface area (Å²) in [5, 5.41) is 13.9. The molecule has 2 aliphatic rings. The van der Waals surface area contributed by atoms with E-state index in [-0.39, 0.29) is 23.0 Å². The first-order valence-corrected chi connectivity index (χ1v) is 10.3.